The molecule has 1 atom stereocenters. The van der Waals surface area contributed by atoms with Crippen molar-refractivity contribution in [2.75, 3.05) is 26.2 Å². The molecule has 2 rings (SSSR count). The summed E-state index contributed by atoms with van der Waals surface area (Å²) in [4.78, 5) is 17.4. The molecule has 0 aromatic rings. The highest BCUT2D eigenvalue weighted by atomic mass is 16.1. The van der Waals surface area contributed by atoms with Crippen LogP contribution in [0, 0.1) is 5.92 Å². The van der Waals surface area contributed by atoms with Crippen LogP contribution >= 0.6 is 0 Å². The zero-order valence-electron chi connectivity index (χ0n) is 14.3. The van der Waals surface area contributed by atoms with Gasteiger partial charge < -0.3 is 10.2 Å². The van der Waals surface area contributed by atoms with Crippen molar-refractivity contribution in [3.8, 4) is 0 Å². The minimum atomic E-state index is 0.230. The Balaban J connectivity index is 1.73. The molecule has 0 bridgehead atoms. The number of rotatable bonds is 5. The average Bonchev–Trinajstić information content (AvgIpc) is 2.93. The van der Waals surface area contributed by atoms with Crippen LogP contribution in [0.15, 0.2) is 0 Å². The van der Waals surface area contributed by atoms with Crippen molar-refractivity contribution in [3.05, 3.63) is 0 Å². The molecule has 1 amide bonds. The molecule has 2 saturated heterocycles. The first-order valence-electron chi connectivity index (χ1n) is 8.76. The second-order valence-electron chi connectivity index (χ2n) is 7.28. The summed E-state index contributed by atoms with van der Waals surface area (Å²) in [5.41, 5.74) is 0. The predicted octanol–water partition coefficient (Wildman–Crippen LogP) is 2.10. The standard InChI is InChI=1S/C17H33N3O/c1-13(2)19-10-7-15(8-11-19)17(21)18-12-16-6-5-9-20(16)14(3)4/h13-16H,5-12H2,1-4H3,(H,18,21). The summed E-state index contributed by atoms with van der Waals surface area (Å²) >= 11 is 0. The van der Waals surface area contributed by atoms with E-state index in [2.05, 4.69) is 42.8 Å². The fourth-order valence-electron chi connectivity index (χ4n) is 3.80. The zero-order chi connectivity index (χ0) is 15.4. The average molecular weight is 295 g/mol. The number of hydrogen-bond donors (Lipinski definition) is 1. The van der Waals surface area contributed by atoms with Crippen LogP contribution in [0.4, 0.5) is 0 Å². The van der Waals surface area contributed by atoms with Gasteiger partial charge in [0.15, 0.2) is 0 Å². The topological polar surface area (TPSA) is 35.6 Å². The molecule has 2 aliphatic heterocycles. The van der Waals surface area contributed by atoms with Gasteiger partial charge in [-0.05, 0) is 73.0 Å². The second kappa shape index (κ2) is 7.59. The van der Waals surface area contributed by atoms with Crippen molar-refractivity contribution in [2.24, 2.45) is 5.92 Å². The summed E-state index contributed by atoms with van der Waals surface area (Å²) in [6.45, 7) is 13.1. The van der Waals surface area contributed by atoms with Crippen LogP contribution < -0.4 is 5.32 Å². The number of amides is 1. The highest BCUT2D eigenvalue weighted by molar-refractivity contribution is 5.78. The minimum Gasteiger partial charge on any atom is -0.354 e. The minimum absolute atomic E-state index is 0.230. The quantitative estimate of drug-likeness (QED) is 0.843. The van der Waals surface area contributed by atoms with Gasteiger partial charge in [0.25, 0.3) is 0 Å². The van der Waals surface area contributed by atoms with Gasteiger partial charge >= 0.3 is 0 Å². The Hall–Kier alpha value is -0.610. The number of nitrogens with zero attached hydrogens (tertiary/aromatic N) is 2. The molecular weight excluding hydrogens is 262 g/mol. The highest BCUT2D eigenvalue weighted by Gasteiger charge is 2.29. The Morgan fingerprint density at radius 2 is 1.71 bits per heavy atom. The highest BCUT2D eigenvalue weighted by Crippen LogP contribution is 2.21. The maximum Gasteiger partial charge on any atom is 0.223 e. The van der Waals surface area contributed by atoms with Crippen molar-refractivity contribution < 1.29 is 4.79 Å². The SMILES string of the molecule is CC(C)N1CCC(C(=O)NCC2CCCN2C(C)C)CC1. The Morgan fingerprint density at radius 1 is 1.05 bits per heavy atom. The summed E-state index contributed by atoms with van der Waals surface area (Å²) in [6, 6.07) is 1.74. The summed E-state index contributed by atoms with van der Waals surface area (Å²) < 4.78 is 0. The number of nitrogens with one attached hydrogen (secondary N) is 1. The van der Waals surface area contributed by atoms with Crippen LogP contribution in [0.1, 0.15) is 53.4 Å². The van der Waals surface area contributed by atoms with E-state index < -0.39 is 0 Å². The van der Waals surface area contributed by atoms with E-state index in [1.807, 2.05) is 0 Å². The van der Waals surface area contributed by atoms with E-state index in [1.54, 1.807) is 0 Å². The maximum absolute atomic E-state index is 12.4. The second-order valence-corrected chi connectivity index (χ2v) is 7.28. The van der Waals surface area contributed by atoms with Crippen molar-refractivity contribution >= 4 is 5.91 Å². The van der Waals surface area contributed by atoms with Crippen LogP contribution in [0.2, 0.25) is 0 Å². The molecule has 0 radical (unpaired) electrons. The Labute approximate surface area is 130 Å². The Morgan fingerprint density at radius 3 is 2.29 bits per heavy atom. The van der Waals surface area contributed by atoms with E-state index in [1.165, 1.54) is 19.4 Å². The van der Waals surface area contributed by atoms with E-state index >= 15 is 0 Å². The number of likely N-dealkylation sites (tertiary alicyclic amines) is 2. The molecule has 122 valence electrons. The molecule has 0 saturated carbocycles. The molecule has 1 unspecified atom stereocenters. The number of carbonyl (C=O) groups excluding carboxylic acids is 1. The van der Waals surface area contributed by atoms with E-state index in [-0.39, 0.29) is 11.8 Å². The van der Waals surface area contributed by atoms with Crippen LogP contribution in [-0.4, -0.2) is 60.0 Å². The molecule has 2 aliphatic rings. The van der Waals surface area contributed by atoms with Crippen LogP contribution in [0.5, 0.6) is 0 Å². The molecule has 1 N–H and O–H groups in total. The van der Waals surface area contributed by atoms with Gasteiger partial charge in [-0.2, -0.15) is 0 Å². The molecular formula is C17H33N3O. The number of piperidine rings is 1. The van der Waals surface area contributed by atoms with Crippen LogP contribution in [0.25, 0.3) is 0 Å². The lowest BCUT2D eigenvalue weighted by atomic mass is 9.95. The lowest BCUT2D eigenvalue weighted by Crippen LogP contribution is -2.47. The zero-order valence-corrected chi connectivity index (χ0v) is 14.3. The Kier molecular flexibility index (Phi) is 6.06. The fraction of sp³-hybridized carbons (Fsp3) is 0.941. The first-order chi connectivity index (χ1) is 9.99. The van der Waals surface area contributed by atoms with Gasteiger partial charge in [0, 0.05) is 30.6 Å². The smallest absolute Gasteiger partial charge is 0.223 e. The first-order valence-corrected chi connectivity index (χ1v) is 8.76. The first kappa shape index (κ1) is 16.8. The van der Waals surface area contributed by atoms with Crippen molar-refractivity contribution in [2.45, 2.75) is 71.5 Å². The Bertz CT molecular complexity index is 335. The molecule has 0 aliphatic carbocycles. The summed E-state index contributed by atoms with van der Waals surface area (Å²) in [6.07, 6.45) is 4.53. The number of carbonyl (C=O) groups is 1. The lowest BCUT2D eigenvalue weighted by molar-refractivity contribution is -0.126. The van der Waals surface area contributed by atoms with Gasteiger partial charge in [0.1, 0.15) is 0 Å². The van der Waals surface area contributed by atoms with Crippen molar-refractivity contribution in [3.63, 3.8) is 0 Å². The molecule has 21 heavy (non-hydrogen) atoms. The van der Waals surface area contributed by atoms with Crippen LogP contribution in [0.3, 0.4) is 0 Å². The predicted molar refractivity (Wildman–Crippen MR) is 87.3 cm³/mol. The normalized spacial score (nSPS) is 25.9. The van der Waals surface area contributed by atoms with Crippen molar-refractivity contribution in [1.29, 1.82) is 0 Å². The van der Waals surface area contributed by atoms with Crippen molar-refractivity contribution in [1.82, 2.24) is 15.1 Å². The third-order valence-corrected chi connectivity index (χ3v) is 5.23. The summed E-state index contributed by atoms with van der Waals surface area (Å²) in [7, 11) is 0. The molecule has 0 aromatic heterocycles. The maximum atomic E-state index is 12.4. The van der Waals surface area contributed by atoms with Gasteiger partial charge in [-0.3, -0.25) is 9.69 Å². The van der Waals surface area contributed by atoms with Crippen LogP contribution in [-0.2, 0) is 4.79 Å². The van der Waals surface area contributed by atoms with Gasteiger partial charge in [0.2, 0.25) is 5.91 Å². The van der Waals surface area contributed by atoms with E-state index in [4.69, 9.17) is 0 Å². The monoisotopic (exact) mass is 295 g/mol. The van der Waals surface area contributed by atoms with Gasteiger partial charge in [-0.25, -0.2) is 0 Å². The van der Waals surface area contributed by atoms with E-state index in [0.717, 1.165) is 32.5 Å². The molecule has 0 aromatic carbocycles. The number of hydrogen-bond acceptors (Lipinski definition) is 3. The third-order valence-electron chi connectivity index (χ3n) is 5.23. The van der Waals surface area contributed by atoms with Gasteiger partial charge in [0.05, 0.1) is 0 Å². The van der Waals surface area contributed by atoms with Gasteiger partial charge in [-0.1, -0.05) is 0 Å². The fourth-order valence-corrected chi connectivity index (χ4v) is 3.80. The molecule has 2 fully saturated rings. The van der Waals surface area contributed by atoms with E-state index in [0.29, 0.717) is 18.1 Å². The third kappa shape index (κ3) is 4.43. The largest absolute Gasteiger partial charge is 0.354 e. The lowest BCUT2D eigenvalue weighted by Gasteiger charge is -2.34. The van der Waals surface area contributed by atoms with E-state index in [9.17, 15) is 4.79 Å². The molecule has 2 heterocycles. The summed E-state index contributed by atoms with van der Waals surface area (Å²) in [5, 5.41) is 3.22. The molecule has 4 nitrogen and oxygen atoms in total. The molecule has 4 heteroatoms. The van der Waals surface area contributed by atoms with Gasteiger partial charge in [-0.15, -0.1) is 0 Å². The molecule has 0 spiro atoms. The summed E-state index contributed by atoms with van der Waals surface area (Å²) in [5.74, 6) is 0.517.